The molecule has 0 saturated carbocycles. The van der Waals surface area contributed by atoms with Crippen LogP contribution in [0.1, 0.15) is 47.1 Å². The number of nitrogens with one attached hydrogen (secondary N) is 1. The highest BCUT2D eigenvalue weighted by atomic mass is 16.5. The van der Waals surface area contributed by atoms with E-state index in [-0.39, 0.29) is 6.04 Å². The highest BCUT2D eigenvalue weighted by Gasteiger charge is 2.14. The molecule has 2 rings (SSSR count). The Bertz CT molecular complexity index is 520. The van der Waals surface area contributed by atoms with Gasteiger partial charge in [-0.2, -0.15) is 0 Å². The van der Waals surface area contributed by atoms with E-state index in [1.807, 2.05) is 27.7 Å². The summed E-state index contributed by atoms with van der Waals surface area (Å²) in [7, 11) is 0. The summed E-state index contributed by atoms with van der Waals surface area (Å²) in [6.45, 7) is 10.8. The molecular weight excluding hydrogens is 228 g/mol. The predicted molar refractivity (Wildman–Crippen MR) is 69.4 cm³/mol. The minimum Gasteiger partial charge on any atom is -0.466 e. The molecular formula is C14H20N2O2. The number of nitrogens with zero attached hydrogens (tertiary/aromatic N) is 1. The summed E-state index contributed by atoms with van der Waals surface area (Å²) < 4.78 is 10.7. The first-order valence-electron chi connectivity index (χ1n) is 6.21. The zero-order valence-corrected chi connectivity index (χ0v) is 11.6. The van der Waals surface area contributed by atoms with Crippen molar-refractivity contribution in [3.63, 3.8) is 0 Å². The van der Waals surface area contributed by atoms with Crippen LogP contribution in [0.3, 0.4) is 0 Å². The second-order valence-electron chi connectivity index (χ2n) is 4.77. The van der Waals surface area contributed by atoms with E-state index in [0.717, 1.165) is 35.1 Å². The maximum atomic E-state index is 5.55. The van der Waals surface area contributed by atoms with Gasteiger partial charge in [0.25, 0.3) is 0 Å². The van der Waals surface area contributed by atoms with Gasteiger partial charge in [-0.3, -0.25) is 0 Å². The fraction of sp³-hybridized carbons (Fsp3) is 0.500. The van der Waals surface area contributed by atoms with Crippen molar-refractivity contribution in [2.45, 2.75) is 47.2 Å². The fourth-order valence-electron chi connectivity index (χ4n) is 2.20. The van der Waals surface area contributed by atoms with Gasteiger partial charge in [-0.25, -0.2) is 0 Å². The number of furan rings is 1. The first-order valence-corrected chi connectivity index (χ1v) is 6.21. The molecule has 0 aromatic carbocycles. The Morgan fingerprint density at radius 3 is 2.44 bits per heavy atom. The molecule has 0 aliphatic carbocycles. The van der Waals surface area contributed by atoms with Crippen molar-refractivity contribution in [3.05, 3.63) is 40.2 Å². The molecule has 1 N–H and O–H groups in total. The number of aryl methyl sites for hydroxylation is 4. The summed E-state index contributed by atoms with van der Waals surface area (Å²) in [6.07, 6.45) is 0. The summed E-state index contributed by atoms with van der Waals surface area (Å²) in [6, 6.07) is 2.33. The van der Waals surface area contributed by atoms with Gasteiger partial charge in [0.05, 0.1) is 5.69 Å². The topological polar surface area (TPSA) is 51.2 Å². The number of hydrogen-bond acceptors (Lipinski definition) is 4. The number of rotatable bonds is 4. The average Bonchev–Trinajstić information content (AvgIpc) is 2.80. The van der Waals surface area contributed by atoms with Crippen LogP contribution in [0, 0.1) is 27.7 Å². The lowest BCUT2D eigenvalue weighted by molar-refractivity contribution is 0.391. The SMILES string of the molecule is Cc1cc(C(C)NCc2c(C)noc2C)c(C)o1. The van der Waals surface area contributed by atoms with E-state index in [0.29, 0.717) is 0 Å². The number of hydrogen-bond donors (Lipinski definition) is 1. The third-order valence-electron chi connectivity index (χ3n) is 3.31. The van der Waals surface area contributed by atoms with Crippen molar-refractivity contribution in [1.29, 1.82) is 0 Å². The highest BCUT2D eigenvalue weighted by molar-refractivity contribution is 5.25. The van der Waals surface area contributed by atoms with Crippen LogP contribution >= 0.6 is 0 Å². The van der Waals surface area contributed by atoms with Crippen LogP contribution in [0.25, 0.3) is 0 Å². The third-order valence-corrected chi connectivity index (χ3v) is 3.31. The van der Waals surface area contributed by atoms with E-state index in [1.165, 1.54) is 5.56 Å². The van der Waals surface area contributed by atoms with E-state index in [9.17, 15) is 0 Å². The van der Waals surface area contributed by atoms with E-state index in [1.54, 1.807) is 0 Å². The molecule has 4 nitrogen and oxygen atoms in total. The average molecular weight is 248 g/mol. The van der Waals surface area contributed by atoms with Gasteiger partial charge in [0, 0.05) is 23.7 Å². The first-order chi connectivity index (χ1) is 8.49. The number of aromatic nitrogens is 1. The van der Waals surface area contributed by atoms with Gasteiger partial charge in [0.2, 0.25) is 0 Å². The normalized spacial score (nSPS) is 12.9. The predicted octanol–water partition coefficient (Wildman–Crippen LogP) is 3.35. The van der Waals surface area contributed by atoms with Crippen molar-refractivity contribution in [2.24, 2.45) is 0 Å². The molecule has 2 aromatic heterocycles. The van der Waals surface area contributed by atoms with Gasteiger partial charge in [-0.05, 0) is 40.7 Å². The molecule has 98 valence electrons. The minimum atomic E-state index is 0.246. The van der Waals surface area contributed by atoms with E-state index >= 15 is 0 Å². The molecule has 18 heavy (non-hydrogen) atoms. The van der Waals surface area contributed by atoms with Crippen molar-refractivity contribution < 1.29 is 8.94 Å². The smallest absolute Gasteiger partial charge is 0.138 e. The Morgan fingerprint density at radius 1 is 1.22 bits per heavy atom. The molecule has 0 aliphatic heterocycles. The van der Waals surface area contributed by atoms with E-state index in [2.05, 4.69) is 23.5 Å². The lowest BCUT2D eigenvalue weighted by Gasteiger charge is -2.12. The van der Waals surface area contributed by atoms with Gasteiger partial charge in [0.15, 0.2) is 0 Å². The van der Waals surface area contributed by atoms with Gasteiger partial charge in [0.1, 0.15) is 17.3 Å². The lowest BCUT2D eigenvalue weighted by Crippen LogP contribution is -2.18. The molecule has 2 aromatic rings. The maximum Gasteiger partial charge on any atom is 0.138 e. The molecule has 2 heterocycles. The maximum absolute atomic E-state index is 5.55. The first kappa shape index (κ1) is 12.9. The molecule has 1 atom stereocenters. The molecule has 0 bridgehead atoms. The van der Waals surface area contributed by atoms with Gasteiger partial charge in [-0.1, -0.05) is 5.16 Å². The zero-order chi connectivity index (χ0) is 13.3. The molecule has 0 amide bonds. The molecule has 0 radical (unpaired) electrons. The lowest BCUT2D eigenvalue weighted by atomic mass is 10.1. The van der Waals surface area contributed by atoms with Gasteiger partial charge >= 0.3 is 0 Å². The molecule has 4 heteroatoms. The molecule has 0 fully saturated rings. The van der Waals surface area contributed by atoms with Crippen LogP contribution in [-0.2, 0) is 6.54 Å². The fourth-order valence-corrected chi connectivity index (χ4v) is 2.20. The Kier molecular flexibility index (Phi) is 3.57. The van der Waals surface area contributed by atoms with Crippen molar-refractivity contribution in [1.82, 2.24) is 10.5 Å². The second kappa shape index (κ2) is 4.98. The van der Waals surface area contributed by atoms with Crippen LogP contribution in [0.5, 0.6) is 0 Å². The summed E-state index contributed by atoms with van der Waals surface area (Å²) in [4.78, 5) is 0. The molecule has 0 saturated heterocycles. The quantitative estimate of drug-likeness (QED) is 0.901. The summed E-state index contributed by atoms with van der Waals surface area (Å²) in [5, 5.41) is 7.43. The minimum absolute atomic E-state index is 0.246. The standard InChI is InChI=1S/C14H20N2O2/c1-8-6-13(11(4)17-8)9(2)15-7-14-10(3)16-18-12(14)5/h6,9,15H,7H2,1-5H3. The monoisotopic (exact) mass is 248 g/mol. The summed E-state index contributed by atoms with van der Waals surface area (Å²) in [5.74, 6) is 2.81. The van der Waals surface area contributed by atoms with E-state index in [4.69, 9.17) is 8.94 Å². The Morgan fingerprint density at radius 2 is 1.94 bits per heavy atom. The van der Waals surface area contributed by atoms with Crippen molar-refractivity contribution in [3.8, 4) is 0 Å². The van der Waals surface area contributed by atoms with Crippen LogP contribution in [0.2, 0.25) is 0 Å². The highest BCUT2D eigenvalue weighted by Crippen LogP contribution is 2.22. The van der Waals surface area contributed by atoms with Crippen molar-refractivity contribution >= 4 is 0 Å². The van der Waals surface area contributed by atoms with E-state index < -0.39 is 0 Å². The van der Waals surface area contributed by atoms with Gasteiger partial charge in [-0.15, -0.1) is 0 Å². The summed E-state index contributed by atoms with van der Waals surface area (Å²) >= 11 is 0. The van der Waals surface area contributed by atoms with Crippen LogP contribution in [0.15, 0.2) is 15.0 Å². The molecule has 0 aliphatic rings. The zero-order valence-electron chi connectivity index (χ0n) is 11.6. The second-order valence-corrected chi connectivity index (χ2v) is 4.77. The van der Waals surface area contributed by atoms with Crippen LogP contribution in [-0.4, -0.2) is 5.16 Å². The Balaban J connectivity index is 2.05. The molecule has 1 unspecified atom stereocenters. The van der Waals surface area contributed by atoms with Crippen LogP contribution in [0.4, 0.5) is 0 Å². The Labute approximate surface area is 107 Å². The molecule has 0 spiro atoms. The third kappa shape index (κ3) is 2.48. The van der Waals surface area contributed by atoms with Crippen LogP contribution < -0.4 is 5.32 Å². The van der Waals surface area contributed by atoms with Gasteiger partial charge < -0.3 is 14.3 Å². The summed E-state index contributed by atoms with van der Waals surface area (Å²) in [5.41, 5.74) is 3.30. The Hall–Kier alpha value is -1.55. The van der Waals surface area contributed by atoms with Crippen molar-refractivity contribution in [2.75, 3.05) is 0 Å². The largest absolute Gasteiger partial charge is 0.466 e.